The molecule has 1 heterocycles. The average Bonchev–Trinajstić information content (AvgIpc) is 3.09. The number of para-hydroxylation sites is 1. The number of aromatic amines is 1. The fourth-order valence-electron chi connectivity index (χ4n) is 3.03. The number of fused-ring (bicyclic) bond motifs is 1. The second kappa shape index (κ2) is 8.34. The molecule has 0 spiro atoms. The van der Waals surface area contributed by atoms with E-state index in [1.807, 2.05) is 60.8 Å². The number of carbonyl (C=O) groups is 2. The molecule has 3 rings (SSSR count). The Morgan fingerprint density at radius 1 is 1.08 bits per heavy atom. The molecule has 0 aliphatic rings. The van der Waals surface area contributed by atoms with Gasteiger partial charge >= 0.3 is 5.97 Å². The molecule has 0 radical (unpaired) electrons. The minimum Gasteiger partial charge on any atom is -0.467 e. The molecule has 0 saturated carbocycles. The first-order chi connectivity index (χ1) is 12.7. The first-order valence-electron chi connectivity index (χ1n) is 8.63. The minimum absolute atomic E-state index is 0.163. The summed E-state index contributed by atoms with van der Waals surface area (Å²) in [6, 6.07) is 17.0. The van der Waals surface area contributed by atoms with Crippen molar-refractivity contribution in [3.8, 4) is 0 Å². The Hall–Kier alpha value is -3.08. The summed E-state index contributed by atoms with van der Waals surface area (Å²) in [7, 11) is 1.33. The fourth-order valence-corrected chi connectivity index (χ4v) is 3.03. The Morgan fingerprint density at radius 3 is 2.58 bits per heavy atom. The topological polar surface area (TPSA) is 71.2 Å². The van der Waals surface area contributed by atoms with Crippen molar-refractivity contribution in [2.75, 3.05) is 7.11 Å². The highest BCUT2D eigenvalue weighted by Gasteiger charge is 2.23. The lowest BCUT2D eigenvalue weighted by Gasteiger charge is -2.16. The van der Waals surface area contributed by atoms with Crippen molar-refractivity contribution in [3.05, 3.63) is 71.9 Å². The van der Waals surface area contributed by atoms with Crippen molar-refractivity contribution in [1.82, 2.24) is 10.3 Å². The van der Waals surface area contributed by atoms with E-state index in [-0.39, 0.29) is 5.91 Å². The minimum atomic E-state index is -0.706. The number of nitrogens with one attached hydrogen (secondary N) is 2. The van der Waals surface area contributed by atoms with E-state index in [1.165, 1.54) is 7.11 Å². The van der Waals surface area contributed by atoms with E-state index in [0.29, 0.717) is 19.3 Å². The van der Waals surface area contributed by atoms with Gasteiger partial charge in [0.15, 0.2) is 0 Å². The van der Waals surface area contributed by atoms with Gasteiger partial charge in [-0.1, -0.05) is 48.5 Å². The Balaban J connectivity index is 1.66. The standard InChI is InChI=1S/C21H22N2O3/c1-26-21(25)19(13-16-14-22-18-10-6-5-9-17(16)18)23-20(24)12-11-15-7-3-2-4-8-15/h2-10,14,19,22H,11-13H2,1H3,(H,23,24)/t19-/m0/s1. The molecule has 3 aromatic rings. The largest absolute Gasteiger partial charge is 0.467 e. The molecule has 0 fully saturated rings. The summed E-state index contributed by atoms with van der Waals surface area (Å²) in [4.78, 5) is 27.6. The molecular weight excluding hydrogens is 328 g/mol. The number of esters is 1. The molecule has 0 aliphatic carbocycles. The quantitative estimate of drug-likeness (QED) is 0.644. The third kappa shape index (κ3) is 4.30. The second-order valence-electron chi connectivity index (χ2n) is 6.19. The number of carbonyl (C=O) groups excluding carboxylic acids is 2. The van der Waals surface area contributed by atoms with Crippen LogP contribution in [0.2, 0.25) is 0 Å². The molecule has 0 bridgehead atoms. The first kappa shape index (κ1) is 17.7. The van der Waals surface area contributed by atoms with Crippen molar-refractivity contribution in [3.63, 3.8) is 0 Å². The van der Waals surface area contributed by atoms with Gasteiger partial charge in [-0.3, -0.25) is 4.79 Å². The van der Waals surface area contributed by atoms with Gasteiger partial charge in [0.1, 0.15) is 6.04 Å². The van der Waals surface area contributed by atoms with E-state index in [2.05, 4.69) is 10.3 Å². The third-order valence-electron chi connectivity index (χ3n) is 4.40. The van der Waals surface area contributed by atoms with Gasteiger partial charge in [-0.2, -0.15) is 0 Å². The number of aryl methyl sites for hydroxylation is 1. The monoisotopic (exact) mass is 350 g/mol. The van der Waals surface area contributed by atoms with E-state index in [0.717, 1.165) is 22.0 Å². The number of rotatable bonds is 7. The number of H-pyrrole nitrogens is 1. The maximum Gasteiger partial charge on any atom is 0.328 e. The number of amides is 1. The number of methoxy groups -OCH3 is 1. The predicted octanol–water partition coefficient (Wildman–Crippen LogP) is 3.00. The van der Waals surface area contributed by atoms with Crippen LogP contribution in [0.3, 0.4) is 0 Å². The Morgan fingerprint density at radius 2 is 1.81 bits per heavy atom. The van der Waals surface area contributed by atoms with Crippen LogP contribution in [-0.4, -0.2) is 30.0 Å². The highest BCUT2D eigenvalue weighted by Crippen LogP contribution is 2.19. The molecular formula is C21H22N2O3. The Labute approximate surface area is 152 Å². The van der Waals surface area contributed by atoms with Crippen molar-refractivity contribution >= 4 is 22.8 Å². The van der Waals surface area contributed by atoms with E-state index in [1.54, 1.807) is 0 Å². The molecule has 0 unspecified atom stereocenters. The molecule has 1 atom stereocenters. The van der Waals surface area contributed by atoms with Gasteiger partial charge in [0, 0.05) is 29.9 Å². The zero-order valence-electron chi connectivity index (χ0n) is 14.7. The second-order valence-corrected chi connectivity index (χ2v) is 6.19. The van der Waals surface area contributed by atoms with Crippen molar-refractivity contribution < 1.29 is 14.3 Å². The lowest BCUT2D eigenvalue weighted by atomic mass is 10.0. The molecule has 26 heavy (non-hydrogen) atoms. The van der Waals surface area contributed by atoms with Crippen LogP contribution in [0.15, 0.2) is 60.8 Å². The van der Waals surface area contributed by atoms with Gasteiger partial charge < -0.3 is 15.0 Å². The Kier molecular flexibility index (Phi) is 5.69. The SMILES string of the molecule is COC(=O)[C@H](Cc1c[nH]c2ccccc12)NC(=O)CCc1ccccc1. The summed E-state index contributed by atoms with van der Waals surface area (Å²) < 4.78 is 4.87. The normalized spacial score (nSPS) is 11.9. The van der Waals surface area contributed by atoms with Gasteiger partial charge in [-0.15, -0.1) is 0 Å². The van der Waals surface area contributed by atoms with Crippen LogP contribution >= 0.6 is 0 Å². The highest BCUT2D eigenvalue weighted by atomic mass is 16.5. The molecule has 5 heteroatoms. The van der Waals surface area contributed by atoms with E-state index in [4.69, 9.17) is 4.74 Å². The molecule has 1 amide bonds. The predicted molar refractivity (Wildman–Crippen MR) is 101 cm³/mol. The van der Waals surface area contributed by atoms with Gasteiger partial charge in [0.05, 0.1) is 7.11 Å². The molecule has 1 aromatic heterocycles. The molecule has 134 valence electrons. The third-order valence-corrected chi connectivity index (χ3v) is 4.40. The van der Waals surface area contributed by atoms with Gasteiger partial charge in [-0.05, 0) is 23.6 Å². The fraction of sp³-hybridized carbons (Fsp3) is 0.238. The van der Waals surface area contributed by atoms with Crippen molar-refractivity contribution in [2.24, 2.45) is 0 Å². The van der Waals surface area contributed by atoms with Crippen molar-refractivity contribution in [2.45, 2.75) is 25.3 Å². The van der Waals surface area contributed by atoms with Crippen LogP contribution in [0, 0.1) is 0 Å². The summed E-state index contributed by atoms with van der Waals surface area (Å²) in [6.45, 7) is 0. The lowest BCUT2D eigenvalue weighted by molar-refractivity contribution is -0.145. The molecule has 2 N–H and O–H groups in total. The molecule has 0 aliphatic heterocycles. The number of ether oxygens (including phenoxy) is 1. The van der Waals surface area contributed by atoms with Crippen LogP contribution in [-0.2, 0) is 27.2 Å². The number of hydrogen-bond acceptors (Lipinski definition) is 3. The van der Waals surface area contributed by atoms with Gasteiger partial charge in [0.2, 0.25) is 5.91 Å². The van der Waals surface area contributed by atoms with Crippen LogP contribution in [0.5, 0.6) is 0 Å². The Bertz CT molecular complexity index is 886. The van der Waals surface area contributed by atoms with E-state index in [9.17, 15) is 9.59 Å². The summed E-state index contributed by atoms with van der Waals surface area (Å²) in [6.07, 6.45) is 3.21. The number of benzene rings is 2. The zero-order chi connectivity index (χ0) is 18.4. The zero-order valence-corrected chi connectivity index (χ0v) is 14.7. The summed E-state index contributed by atoms with van der Waals surface area (Å²) >= 11 is 0. The summed E-state index contributed by atoms with van der Waals surface area (Å²) in [5.74, 6) is -0.604. The smallest absolute Gasteiger partial charge is 0.328 e. The van der Waals surface area contributed by atoms with Gasteiger partial charge in [0.25, 0.3) is 0 Å². The van der Waals surface area contributed by atoms with E-state index < -0.39 is 12.0 Å². The summed E-state index contributed by atoms with van der Waals surface area (Å²) in [5.41, 5.74) is 3.06. The van der Waals surface area contributed by atoms with Crippen molar-refractivity contribution in [1.29, 1.82) is 0 Å². The molecule has 0 saturated heterocycles. The lowest BCUT2D eigenvalue weighted by Crippen LogP contribution is -2.43. The maximum absolute atomic E-state index is 12.3. The molecule has 2 aromatic carbocycles. The van der Waals surface area contributed by atoms with Gasteiger partial charge in [-0.25, -0.2) is 4.79 Å². The van der Waals surface area contributed by atoms with Crippen LogP contribution in [0.1, 0.15) is 17.5 Å². The highest BCUT2D eigenvalue weighted by molar-refractivity contribution is 5.87. The van der Waals surface area contributed by atoms with Crippen LogP contribution in [0.25, 0.3) is 10.9 Å². The maximum atomic E-state index is 12.3. The van der Waals surface area contributed by atoms with E-state index >= 15 is 0 Å². The number of aromatic nitrogens is 1. The van der Waals surface area contributed by atoms with Crippen LogP contribution < -0.4 is 5.32 Å². The average molecular weight is 350 g/mol. The first-order valence-corrected chi connectivity index (χ1v) is 8.63. The summed E-state index contributed by atoms with van der Waals surface area (Å²) in [5, 5.41) is 3.86. The number of hydrogen-bond donors (Lipinski definition) is 2. The molecule has 5 nitrogen and oxygen atoms in total. The van der Waals surface area contributed by atoms with Crippen LogP contribution in [0.4, 0.5) is 0 Å².